The van der Waals surface area contributed by atoms with Crippen LogP contribution in [0.1, 0.15) is 40.0 Å². The summed E-state index contributed by atoms with van der Waals surface area (Å²) in [7, 11) is 0. The monoisotopic (exact) mass is 300 g/mol. The van der Waals surface area contributed by atoms with E-state index in [1.165, 1.54) is 6.08 Å². The van der Waals surface area contributed by atoms with Gasteiger partial charge in [0, 0.05) is 12.8 Å². The van der Waals surface area contributed by atoms with Crippen LogP contribution >= 0.6 is 0 Å². The fraction of sp³-hybridized carbons (Fsp3) is 0.688. The van der Waals surface area contributed by atoms with Crippen molar-refractivity contribution in [2.75, 3.05) is 6.61 Å². The van der Waals surface area contributed by atoms with E-state index in [-0.39, 0.29) is 30.5 Å². The Morgan fingerprint density at radius 3 is 2.48 bits per heavy atom. The molecule has 0 aromatic heterocycles. The minimum atomic E-state index is -0.746. The highest BCUT2D eigenvalue weighted by molar-refractivity contribution is 5.80. The maximum Gasteiger partial charge on any atom is 0.161 e. The number of carbonyl (C=O) groups is 1. The van der Waals surface area contributed by atoms with Crippen LogP contribution < -0.4 is 0 Å². The first kappa shape index (κ1) is 20.0. The van der Waals surface area contributed by atoms with Gasteiger partial charge in [0.25, 0.3) is 0 Å². The van der Waals surface area contributed by atoms with Crippen molar-refractivity contribution in [3.63, 3.8) is 0 Å². The average molecular weight is 300 g/mol. The van der Waals surface area contributed by atoms with Crippen molar-refractivity contribution in [3.05, 3.63) is 24.3 Å². The number of aliphatic hydroxyl groups is 3. The second kappa shape index (κ2) is 11.6. The molecule has 0 spiro atoms. The molecule has 0 saturated carbocycles. The van der Waals surface area contributed by atoms with Crippen LogP contribution in [-0.2, 0) is 9.53 Å². The zero-order valence-corrected chi connectivity index (χ0v) is 13.1. The summed E-state index contributed by atoms with van der Waals surface area (Å²) in [4.78, 5) is 10.5. The number of rotatable bonds is 5. The van der Waals surface area contributed by atoms with Gasteiger partial charge in [0.05, 0.1) is 24.4 Å². The van der Waals surface area contributed by atoms with E-state index >= 15 is 0 Å². The number of aliphatic hydroxyl groups excluding tert-OH is 3. The molecule has 1 fully saturated rings. The van der Waals surface area contributed by atoms with Crippen molar-refractivity contribution < 1.29 is 24.9 Å². The number of hydrogen-bond donors (Lipinski definition) is 3. The van der Waals surface area contributed by atoms with Gasteiger partial charge in [-0.1, -0.05) is 24.3 Å². The van der Waals surface area contributed by atoms with E-state index in [0.29, 0.717) is 0 Å². The minimum absolute atomic E-state index is 0.000833. The normalized spacial score (nSPS) is 27.4. The summed E-state index contributed by atoms with van der Waals surface area (Å²) in [5.41, 5.74) is 0. The molecule has 0 radical (unpaired) electrons. The van der Waals surface area contributed by atoms with Gasteiger partial charge in [0.2, 0.25) is 0 Å². The van der Waals surface area contributed by atoms with Crippen molar-refractivity contribution in [2.45, 2.75) is 64.4 Å². The summed E-state index contributed by atoms with van der Waals surface area (Å²) in [5.74, 6) is -0.342. The van der Waals surface area contributed by atoms with Crippen LogP contribution in [0.25, 0.3) is 0 Å². The van der Waals surface area contributed by atoms with Crippen LogP contribution in [0.3, 0.4) is 0 Å². The van der Waals surface area contributed by atoms with Gasteiger partial charge in [-0.3, -0.25) is 4.79 Å². The summed E-state index contributed by atoms with van der Waals surface area (Å²) in [6.45, 7) is 5.23. The average Bonchev–Trinajstić information content (AvgIpc) is 2.38. The summed E-state index contributed by atoms with van der Waals surface area (Å²) in [6, 6.07) is 0. The van der Waals surface area contributed by atoms with E-state index in [4.69, 9.17) is 14.9 Å². The third-order valence-electron chi connectivity index (χ3n) is 2.95. The summed E-state index contributed by atoms with van der Waals surface area (Å²) in [6.07, 6.45) is 8.05. The predicted octanol–water partition coefficient (Wildman–Crippen LogP) is 1.37. The van der Waals surface area contributed by atoms with E-state index in [0.717, 1.165) is 12.8 Å². The minimum Gasteiger partial charge on any atom is -0.393 e. The van der Waals surface area contributed by atoms with E-state index in [2.05, 4.69) is 0 Å². The van der Waals surface area contributed by atoms with Crippen LogP contribution in [0.15, 0.2) is 24.3 Å². The SMILES string of the molecule is CC=CC(O)CC(=O)CO.CC=CC1CC(O)CC(C)O1. The molecule has 3 N–H and O–H groups in total. The quantitative estimate of drug-likeness (QED) is 0.667. The molecule has 0 aromatic carbocycles. The fourth-order valence-electron chi connectivity index (χ4n) is 2.08. The lowest BCUT2D eigenvalue weighted by Crippen LogP contribution is -2.32. The van der Waals surface area contributed by atoms with Crippen LogP contribution in [-0.4, -0.2) is 52.1 Å². The van der Waals surface area contributed by atoms with Gasteiger partial charge in [-0.15, -0.1) is 0 Å². The zero-order valence-electron chi connectivity index (χ0n) is 13.1. The smallest absolute Gasteiger partial charge is 0.161 e. The third kappa shape index (κ3) is 10.4. The van der Waals surface area contributed by atoms with Gasteiger partial charge in [0.1, 0.15) is 6.61 Å². The molecule has 5 nitrogen and oxygen atoms in total. The van der Waals surface area contributed by atoms with Gasteiger partial charge >= 0.3 is 0 Å². The Hall–Kier alpha value is -1.01. The Kier molecular flexibility index (Phi) is 11.1. The summed E-state index contributed by atoms with van der Waals surface area (Å²) < 4.78 is 5.55. The second-order valence-electron chi connectivity index (χ2n) is 5.13. The Morgan fingerprint density at radius 2 is 2.00 bits per heavy atom. The molecule has 4 unspecified atom stereocenters. The Morgan fingerprint density at radius 1 is 1.33 bits per heavy atom. The predicted molar refractivity (Wildman–Crippen MR) is 81.9 cm³/mol. The lowest BCUT2D eigenvalue weighted by atomic mass is 10.0. The van der Waals surface area contributed by atoms with E-state index in [9.17, 15) is 9.90 Å². The van der Waals surface area contributed by atoms with Gasteiger partial charge in [0.15, 0.2) is 5.78 Å². The topological polar surface area (TPSA) is 87.0 Å². The lowest BCUT2D eigenvalue weighted by Gasteiger charge is -2.29. The van der Waals surface area contributed by atoms with Crippen LogP contribution in [0.2, 0.25) is 0 Å². The highest BCUT2D eigenvalue weighted by atomic mass is 16.5. The highest BCUT2D eigenvalue weighted by Crippen LogP contribution is 2.19. The highest BCUT2D eigenvalue weighted by Gasteiger charge is 2.23. The van der Waals surface area contributed by atoms with Crippen molar-refractivity contribution in [1.29, 1.82) is 0 Å². The molecule has 1 saturated heterocycles. The van der Waals surface area contributed by atoms with E-state index < -0.39 is 12.7 Å². The molecule has 0 bridgehead atoms. The number of allylic oxidation sites excluding steroid dienone is 2. The molecular weight excluding hydrogens is 272 g/mol. The lowest BCUT2D eigenvalue weighted by molar-refractivity contribution is -0.123. The van der Waals surface area contributed by atoms with Crippen molar-refractivity contribution in [3.8, 4) is 0 Å². The molecule has 21 heavy (non-hydrogen) atoms. The Bertz CT molecular complexity index is 328. The Labute approximate surface area is 126 Å². The molecule has 1 heterocycles. The first-order valence-corrected chi connectivity index (χ1v) is 7.32. The van der Waals surface area contributed by atoms with E-state index in [1.807, 2.05) is 26.0 Å². The van der Waals surface area contributed by atoms with Crippen LogP contribution in [0.4, 0.5) is 0 Å². The van der Waals surface area contributed by atoms with Crippen LogP contribution in [0.5, 0.6) is 0 Å². The van der Waals surface area contributed by atoms with Crippen molar-refractivity contribution >= 4 is 5.78 Å². The van der Waals surface area contributed by atoms with Gasteiger partial charge in [-0.2, -0.15) is 0 Å². The maximum atomic E-state index is 10.5. The molecule has 0 amide bonds. The summed E-state index contributed by atoms with van der Waals surface area (Å²) in [5, 5.41) is 26.6. The number of ketones is 1. The van der Waals surface area contributed by atoms with Gasteiger partial charge in [-0.25, -0.2) is 0 Å². The summed E-state index contributed by atoms with van der Waals surface area (Å²) >= 11 is 0. The Balaban J connectivity index is 0.000000384. The molecule has 1 rings (SSSR count). The fourth-order valence-corrected chi connectivity index (χ4v) is 2.08. The first-order valence-electron chi connectivity index (χ1n) is 7.32. The number of hydrogen-bond acceptors (Lipinski definition) is 5. The van der Waals surface area contributed by atoms with Crippen molar-refractivity contribution in [1.82, 2.24) is 0 Å². The number of ether oxygens (including phenoxy) is 1. The molecule has 0 aromatic rings. The second-order valence-corrected chi connectivity index (χ2v) is 5.13. The molecule has 0 aliphatic carbocycles. The third-order valence-corrected chi connectivity index (χ3v) is 2.95. The van der Waals surface area contributed by atoms with Crippen LogP contribution in [0, 0.1) is 0 Å². The number of carbonyl (C=O) groups excluding carboxylic acids is 1. The molecule has 122 valence electrons. The molecule has 1 aliphatic heterocycles. The molecule has 4 atom stereocenters. The zero-order chi connectivity index (χ0) is 16.3. The molecule has 5 heteroatoms. The largest absolute Gasteiger partial charge is 0.393 e. The van der Waals surface area contributed by atoms with E-state index in [1.54, 1.807) is 13.0 Å². The first-order chi connectivity index (χ1) is 9.92. The van der Waals surface area contributed by atoms with Gasteiger partial charge in [-0.05, 0) is 27.2 Å². The van der Waals surface area contributed by atoms with Crippen molar-refractivity contribution in [2.24, 2.45) is 0 Å². The standard InChI is InChI=1S/C9H16O2.C7H12O3/c1-3-4-9-6-8(10)5-7(2)11-9;1-2-3-6(9)4-7(10)5-8/h3-4,7-10H,5-6H2,1-2H3;2-3,6,8-9H,4-5H2,1H3. The molecular formula is C16H28O5. The van der Waals surface area contributed by atoms with Gasteiger partial charge < -0.3 is 20.1 Å². The maximum absolute atomic E-state index is 10.5. The number of Topliss-reactive ketones (excluding diaryl/α,β-unsaturated/α-hetero) is 1. The molecule has 1 aliphatic rings.